The number of carbonyl (C=O) groups is 1. The van der Waals surface area contributed by atoms with Gasteiger partial charge in [0, 0.05) is 29.4 Å². The number of halogens is 2. The van der Waals surface area contributed by atoms with Crippen molar-refractivity contribution in [1.82, 2.24) is 15.0 Å². The number of carbonyl (C=O) groups excluding carboxylic acids is 1. The number of pyridine rings is 1. The van der Waals surface area contributed by atoms with E-state index in [-0.39, 0.29) is 10.7 Å². The number of fused-ring (bicyclic) bond motifs is 2. The normalized spacial score (nSPS) is 12.3. The standard InChI is InChI=1S/C22H15ClFN5O.C2H6/c23-16-9-20-13(8-17(16)24)5-6-29(20)22-15-7-12(1-3-18(15)27-11-28-22)14-2-4-19(21(25)30)26-10-14;1-2/h1-4,7-11H,5-6H2,(H2,25,30);1-2H3. The van der Waals surface area contributed by atoms with E-state index in [1.165, 1.54) is 12.4 Å². The maximum absolute atomic E-state index is 13.9. The van der Waals surface area contributed by atoms with Crippen molar-refractivity contribution >= 4 is 39.9 Å². The lowest BCUT2D eigenvalue weighted by Gasteiger charge is -2.20. The molecule has 0 radical (unpaired) electrons. The second-order valence-electron chi connectivity index (χ2n) is 7.02. The van der Waals surface area contributed by atoms with Crippen LogP contribution in [0.1, 0.15) is 29.9 Å². The van der Waals surface area contributed by atoms with Gasteiger partial charge in [-0.1, -0.05) is 37.6 Å². The predicted molar refractivity (Wildman–Crippen MR) is 125 cm³/mol. The van der Waals surface area contributed by atoms with Crippen LogP contribution >= 0.6 is 11.6 Å². The minimum absolute atomic E-state index is 0.0836. The van der Waals surface area contributed by atoms with E-state index in [0.29, 0.717) is 13.0 Å². The summed E-state index contributed by atoms with van der Waals surface area (Å²) in [7, 11) is 0. The molecule has 1 aliphatic rings. The summed E-state index contributed by atoms with van der Waals surface area (Å²) in [6.07, 6.45) is 3.83. The molecule has 4 aromatic rings. The van der Waals surface area contributed by atoms with E-state index in [9.17, 15) is 9.18 Å². The number of primary amides is 1. The Morgan fingerprint density at radius 2 is 1.84 bits per heavy atom. The quantitative estimate of drug-likeness (QED) is 0.458. The average Bonchev–Trinajstić information content (AvgIpc) is 3.22. The Morgan fingerprint density at radius 1 is 1.06 bits per heavy atom. The Hall–Kier alpha value is -3.58. The van der Waals surface area contributed by atoms with Gasteiger partial charge in [-0.25, -0.2) is 14.4 Å². The zero-order chi connectivity index (χ0) is 22.8. The first-order chi connectivity index (χ1) is 15.5. The van der Waals surface area contributed by atoms with Crippen LogP contribution in [-0.4, -0.2) is 27.4 Å². The molecule has 5 rings (SSSR count). The molecule has 0 saturated heterocycles. The number of rotatable bonds is 3. The van der Waals surface area contributed by atoms with Gasteiger partial charge in [-0.2, -0.15) is 0 Å². The number of aromatic nitrogens is 3. The SMILES string of the molecule is CC.NC(=O)c1ccc(-c2ccc3ncnc(N4CCc5cc(F)c(Cl)cc54)c3c2)cn1. The molecule has 8 heteroatoms. The first-order valence-corrected chi connectivity index (χ1v) is 10.7. The van der Waals surface area contributed by atoms with Crippen molar-refractivity contribution in [1.29, 1.82) is 0 Å². The van der Waals surface area contributed by atoms with Crippen LogP contribution in [0.5, 0.6) is 0 Å². The number of amides is 1. The molecule has 2 aromatic carbocycles. The zero-order valence-electron chi connectivity index (χ0n) is 17.6. The molecule has 2 aromatic heterocycles. The summed E-state index contributed by atoms with van der Waals surface area (Å²) in [5.74, 6) is -0.262. The molecule has 0 unspecified atom stereocenters. The van der Waals surface area contributed by atoms with E-state index in [1.54, 1.807) is 24.4 Å². The topological polar surface area (TPSA) is 85.0 Å². The molecule has 1 amide bonds. The van der Waals surface area contributed by atoms with Crippen molar-refractivity contribution in [2.24, 2.45) is 5.73 Å². The molecule has 0 spiro atoms. The molecule has 0 aliphatic carbocycles. The highest BCUT2D eigenvalue weighted by atomic mass is 35.5. The second kappa shape index (κ2) is 8.88. The molecule has 3 heterocycles. The molecular formula is C24H21ClFN5O. The van der Waals surface area contributed by atoms with Crippen molar-refractivity contribution in [3.05, 3.63) is 77.1 Å². The molecular weight excluding hydrogens is 429 g/mol. The summed E-state index contributed by atoms with van der Waals surface area (Å²) < 4.78 is 13.9. The number of hydrogen-bond acceptors (Lipinski definition) is 5. The van der Waals surface area contributed by atoms with E-state index < -0.39 is 11.7 Å². The fourth-order valence-corrected chi connectivity index (χ4v) is 3.91. The van der Waals surface area contributed by atoms with Crippen LogP contribution in [0.2, 0.25) is 5.02 Å². The van der Waals surface area contributed by atoms with Crippen LogP contribution in [0.4, 0.5) is 15.9 Å². The largest absolute Gasteiger partial charge is 0.364 e. The van der Waals surface area contributed by atoms with Crippen molar-refractivity contribution < 1.29 is 9.18 Å². The second-order valence-corrected chi connectivity index (χ2v) is 7.43. The number of hydrogen-bond donors (Lipinski definition) is 1. The van der Waals surface area contributed by atoms with Gasteiger partial charge in [0.15, 0.2) is 0 Å². The van der Waals surface area contributed by atoms with Gasteiger partial charge in [-0.05, 0) is 47.9 Å². The fourth-order valence-electron chi connectivity index (χ4n) is 3.75. The van der Waals surface area contributed by atoms with Crippen molar-refractivity contribution in [2.75, 3.05) is 11.4 Å². The lowest BCUT2D eigenvalue weighted by atomic mass is 10.0. The van der Waals surface area contributed by atoms with Gasteiger partial charge in [-0.3, -0.25) is 9.78 Å². The van der Waals surface area contributed by atoms with Gasteiger partial charge in [0.25, 0.3) is 5.91 Å². The number of nitrogens with two attached hydrogens (primary N) is 1. The molecule has 0 saturated carbocycles. The monoisotopic (exact) mass is 449 g/mol. The average molecular weight is 450 g/mol. The summed E-state index contributed by atoms with van der Waals surface area (Å²) in [6, 6.07) is 12.3. The summed E-state index contributed by atoms with van der Waals surface area (Å²) in [6.45, 7) is 4.67. The van der Waals surface area contributed by atoms with Gasteiger partial charge < -0.3 is 10.6 Å². The summed E-state index contributed by atoms with van der Waals surface area (Å²) in [5, 5.41) is 0.933. The Balaban J connectivity index is 0.00000119. The number of anilines is 2. The molecule has 162 valence electrons. The Morgan fingerprint density at radius 3 is 2.56 bits per heavy atom. The molecule has 2 N–H and O–H groups in total. The van der Waals surface area contributed by atoms with Gasteiger partial charge in [0.05, 0.1) is 10.5 Å². The Bertz CT molecular complexity index is 1310. The summed E-state index contributed by atoms with van der Waals surface area (Å²) >= 11 is 6.03. The van der Waals surface area contributed by atoms with Crippen LogP contribution < -0.4 is 10.6 Å². The van der Waals surface area contributed by atoms with Crippen molar-refractivity contribution in [3.63, 3.8) is 0 Å². The van der Waals surface area contributed by atoms with Gasteiger partial charge in [-0.15, -0.1) is 0 Å². The van der Waals surface area contributed by atoms with Gasteiger partial charge in [0.1, 0.15) is 23.7 Å². The van der Waals surface area contributed by atoms with Crippen LogP contribution in [0, 0.1) is 5.82 Å². The minimum Gasteiger partial charge on any atom is -0.364 e. The van der Waals surface area contributed by atoms with Crippen LogP contribution in [0.3, 0.4) is 0 Å². The molecule has 0 fully saturated rings. The molecule has 6 nitrogen and oxygen atoms in total. The molecule has 0 atom stereocenters. The van der Waals surface area contributed by atoms with Crippen LogP contribution in [0.15, 0.2) is 55.0 Å². The molecule has 32 heavy (non-hydrogen) atoms. The first kappa shape index (κ1) is 21.6. The summed E-state index contributed by atoms with van der Waals surface area (Å²) in [5.41, 5.74) is 9.74. The first-order valence-electron chi connectivity index (χ1n) is 10.3. The van der Waals surface area contributed by atoms with E-state index in [2.05, 4.69) is 15.0 Å². The highest BCUT2D eigenvalue weighted by Crippen LogP contribution is 2.39. The van der Waals surface area contributed by atoms with E-state index in [4.69, 9.17) is 17.3 Å². The third-order valence-electron chi connectivity index (χ3n) is 5.24. The van der Waals surface area contributed by atoms with Gasteiger partial charge in [0.2, 0.25) is 0 Å². The zero-order valence-corrected chi connectivity index (χ0v) is 18.4. The van der Waals surface area contributed by atoms with E-state index in [1.807, 2.05) is 36.9 Å². The maximum atomic E-state index is 13.9. The Kier molecular flexibility index (Phi) is 6.01. The predicted octanol–water partition coefficient (Wildman–Crippen LogP) is 5.30. The van der Waals surface area contributed by atoms with Crippen molar-refractivity contribution in [2.45, 2.75) is 20.3 Å². The van der Waals surface area contributed by atoms with E-state index >= 15 is 0 Å². The highest BCUT2D eigenvalue weighted by Gasteiger charge is 2.25. The van der Waals surface area contributed by atoms with E-state index in [0.717, 1.165) is 39.1 Å². The third-order valence-corrected chi connectivity index (χ3v) is 5.53. The van der Waals surface area contributed by atoms with Gasteiger partial charge >= 0.3 is 0 Å². The number of benzene rings is 2. The Labute approximate surface area is 189 Å². The number of nitrogens with zero attached hydrogens (tertiary/aromatic N) is 4. The fraction of sp³-hybridized carbons (Fsp3) is 0.167. The maximum Gasteiger partial charge on any atom is 0.267 e. The van der Waals surface area contributed by atoms with Crippen LogP contribution in [0.25, 0.3) is 22.0 Å². The smallest absolute Gasteiger partial charge is 0.267 e. The minimum atomic E-state index is -0.571. The highest BCUT2D eigenvalue weighted by molar-refractivity contribution is 6.31. The van der Waals surface area contributed by atoms with Crippen LogP contribution in [-0.2, 0) is 6.42 Å². The molecule has 1 aliphatic heterocycles. The third kappa shape index (κ3) is 3.87. The molecule has 0 bridgehead atoms. The van der Waals surface area contributed by atoms with Crippen molar-refractivity contribution in [3.8, 4) is 11.1 Å². The lowest BCUT2D eigenvalue weighted by molar-refractivity contribution is 0.0995. The summed E-state index contributed by atoms with van der Waals surface area (Å²) in [4.78, 5) is 26.3. The lowest BCUT2D eigenvalue weighted by Crippen LogP contribution is -2.15.